The minimum absolute atomic E-state index is 0.173. The first-order valence-electron chi connectivity index (χ1n) is 5.17. The number of carbonyl (C=O) groups is 1. The first-order valence-corrected chi connectivity index (χ1v) is 6.16. The van der Waals surface area contributed by atoms with Crippen LogP contribution in [0.4, 0.5) is 0 Å². The lowest BCUT2D eigenvalue weighted by Gasteiger charge is -2.25. The van der Waals surface area contributed by atoms with Crippen LogP contribution in [0.5, 0.6) is 0 Å². The molecular formula is C11H23NOS. The second kappa shape index (κ2) is 5.64. The normalized spacial score (nSPS) is 13.9. The summed E-state index contributed by atoms with van der Waals surface area (Å²) in [6, 6.07) is 0.350. The number of amides is 1. The van der Waals surface area contributed by atoms with Crippen LogP contribution in [0.1, 0.15) is 41.0 Å². The molecule has 14 heavy (non-hydrogen) atoms. The zero-order valence-corrected chi connectivity index (χ0v) is 11.1. The molecule has 0 aromatic carbocycles. The fourth-order valence-corrected chi connectivity index (χ4v) is 1.66. The zero-order valence-electron chi connectivity index (χ0n) is 10.3. The minimum Gasteiger partial charge on any atom is -0.342 e. The topological polar surface area (TPSA) is 20.3 Å². The number of thioether (sulfide) groups is 1. The summed E-state index contributed by atoms with van der Waals surface area (Å²) >= 11 is 1.71. The van der Waals surface area contributed by atoms with Crippen molar-refractivity contribution in [1.29, 1.82) is 0 Å². The maximum atomic E-state index is 11.7. The summed E-state index contributed by atoms with van der Waals surface area (Å²) in [7, 11) is 1.89. The molecule has 0 spiro atoms. The van der Waals surface area contributed by atoms with Crippen LogP contribution in [0.15, 0.2) is 0 Å². The molecule has 84 valence electrons. The molecule has 0 rings (SSSR count). The lowest BCUT2D eigenvalue weighted by atomic mass is 10.2. The van der Waals surface area contributed by atoms with Gasteiger partial charge in [0.05, 0.1) is 5.75 Å². The summed E-state index contributed by atoms with van der Waals surface area (Å²) in [6.45, 7) is 10.6. The van der Waals surface area contributed by atoms with E-state index in [2.05, 4.69) is 34.6 Å². The second-order valence-corrected chi connectivity index (χ2v) is 6.47. The number of hydrogen-bond acceptors (Lipinski definition) is 2. The quantitative estimate of drug-likeness (QED) is 0.721. The van der Waals surface area contributed by atoms with E-state index in [1.165, 1.54) is 0 Å². The Bertz CT molecular complexity index is 186. The van der Waals surface area contributed by atoms with Crippen molar-refractivity contribution < 1.29 is 4.79 Å². The van der Waals surface area contributed by atoms with Gasteiger partial charge in [0, 0.05) is 17.8 Å². The van der Waals surface area contributed by atoms with Crippen molar-refractivity contribution in [3.63, 3.8) is 0 Å². The highest BCUT2D eigenvalue weighted by Gasteiger charge is 2.18. The van der Waals surface area contributed by atoms with Gasteiger partial charge in [0.1, 0.15) is 0 Å². The Morgan fingerprint density at radius 2 is 1.93 bits per heavy atom. The van der Waals surface area contributed by atoms with Crippen molar-refractivity contribution in [3.05, 3.63) is 0 Å². The van der Waals surface area contributed by atoms with Crippen molar-refractivity contribution in [2.45, 2.75) is 51.8 Å². The van der Waals surface area contributed by atoms with Gasteiger partial charge in [0.2, 0.25) is 5.91 Å². The Labute approximate surface area is 92.4 Å². The smallest absolute Gasteiger partial charge is 0.232 e. The Hall–Kier alpha value is -0.180. The Balaban J connectivity index is 3.97. The summed E-state index contributed by atoms with van der Waals surface area (Å²) in [5, 5.41) is 0. The summed E-state index contributed by atoms with van der Waals surface area (Å²) in [4.78, 5) is 13.5. The molecule has 0 aromatic heterocycles. The van der Waals surface area contributed by atoms with Gasteiger partial charge >= 0.3 is 0 Å². The van der Waals surface area contributed by atoms with E-state index in [0.717, 1.165) is 6.42 Å². The van der Waals surface area contributed by atoms with Gasteiger partial charge in [0.25, 0.3) is 0 Å². The molecule has 3 heteroatoms. The molecule has 0 aliphatic carbocycles. The third kappa shape index (κ3) is 5.53. The fourth-order valence-electron chi connectivity index (χ4n) is 0.900. The molecule has 1 atom stereocenters. The van der Waals surface area contributed by atoms with E-state index in [1.807, 2.05) is 11.9 Å². The highest BCUT2D eigenvalue weighted by atomic mass is 32.2. The van der Waals surface area contributed by atoms with Gasteiger partial charge in [-0.1, -0.05) is 27.7 Å². The molecule has 0 aliphatic rings. The monoisotopic (exact) mass is 217 g/mol. The molecule has 0 saturated carbocycles. The van der Waals surface area contributed by atoms with Crippen LogP contribution in [0.25, 0.3) is 0 Å². The molecular weight excluding hydrogens is 194 g/mol. The van der Waals surface area contributed by atoms with Gasteiger partial charge in [-0.25, -0.2) is 0 Å². The summed E-state index contributed by atoms with van der Waals surface area (Å²) in [5.41, 5.74) is 0. The van der Waals surface area contributed by atoms with Gasteiger partial charge < -0.3 is 4.90 Å². The van der Waals surface area contributed by atoms with Crippen LogP contribution in [0, 0.1) is 0 Å². The predicted molar refractivity (Wildman–Crippen MR) is 64.7 cm³/mol. The van der Waals surface area contributed by atoms with E-state index in [0.29, 0.717) is 11.8 Å². The van der Waals surface area contributed by atoms with Crippen LogP contribution in [-0.2, 0) is 4.79 Å². The van der Waals surface area contributed by atoms with Gasteiger partial charge in [-0.3, -0.25) is 4.79 Å². The number of carbonyl (C=O) groups excluding carboxylic acids is 1. The molecule has 0 heterocycles. The van der Waals surface area contributed by atoms with Gasteiger partial charge in [-0.15, -0.1) is 11.8 Å². The number of nitrogens with zero attached hydrogens (tertiary/aromatic N) is 1. The Kier molecular flexibility index (Phi) is 5.57. The molecule has 0 saturated heterocycles. The van der Waals surface area contributed by atoms with Crippen LogP contribution in [0.2, 0.25) is 0 Å². The van der Waals surface area contributed by atoms with Crippen LogP contribution in [0.3, 0.4) is 0 Å². The third-order valence-corrected chi connectivity index (χ3v) is 3.53. The maximum absolute atomic E-state index is 11.7. The van der Waals surface area contributed by atoms with Crippen molar-refractivity contribution in [2.24, 2.45) is 0 Å². The Morgan fingerprint density at radius 3 is 2.29 bits per heavy atom. The van der Waals surface area contributed by atoms with E-state index < -0.39 is 0 Å². The van der Waals surface area contributed by atoms with Gasteiger partial charge in [-0.05, 0) is 13.3 Å². The summed E-state index contributed by atoms with van der Waals surface area (Å²) < 4.78 is 0.173. The average Bonchev–Trinajstić information content (AvgIpc) is 2.10. The zero-order chi connectivity index (χ0) is 11.4. The predicted octanol–water partition coefficient (Wildman–Crippen LogP) is 2.78. The average molecular weight is 217 g/mol. The van der Waals surface area contributed by atoms with Crippen molar-refractivity contribution >= 4 is 17.7 Å². The Morgan fingerprint density at radius 1 is 1.43 bits per heavy atom. The molecule has 1 amide bonds. The molecule has 1 unspecified atom stereocenters. The van der Waals surface area contributed by atoms with E-state index in [-0.39, 0.29) is 10.7 Å². The van der Waals surface area contributed by atoms with Gasteiger partial charge in [-0.2, -0.15) is 0 Å². The number of hydrogen-bond donors (Lipinski definition) is 0. The fraction of sp³-hybridized carbons (Fsp3) is 0.909. The van der Waals surface area contributed by atoms with Crippen LogP contribution >= 0.6 is 11.8 Å². The first kappa shape index (κ1) is 13.8. The first-order chi connectivity index (χ1) is 6.28. The largest absolute Gasteiger partial charge is 0.342 e. The van der Waals surface area contributed by atoms with E-state index in [4.69, 9.17) is 0 Å². The molecule has 0 N–H and O–H groups in total. The molecule has 0 aliphatic heterocycles. The van der Waals surface area contributed by atoms with E-state index in [9.17, 15) is 4.79 Å². The lowest BCUT2D eigenvalue weighted by molar-refractivity contribution is -0.128. The SMILES string of the molecule is CCC(C)N(C)C(=O)CSC(C)(C)C. The molecule has 0 radical (unpaired) electrons. The van der Waals surface area contributed by atoms with Gasteiger partial charge in [0.15, 0.2) is 0 Å². The summed E-state index contributed by atoms with van der Waals surface area (Å²) in [5.74, 6) is 0.823. The second-order valence-electron chi connectivity index (χ2n) is 4.66. The van der Waals surface area contributed by atoms with Crippen LogP contribution in [-0.4, -0.2) is 34.4 Å². The van der Waals surface area contributed by atoms with E-state index >= 15 is 0 Å². The molecule has 0 aromatic rings. The lowest BCUT2D eigenvalue weighted by Crippen LogP contribution is -2.36. The third-order valence-electron chi connectivity index (χ3n) is 2.27. The highest BCUT2D eigenvalue weighted by molar-refractivity contribution is 8.01. The van der Waals surface area contributed by atoms with Crippen molar-refractivity contribution in [1.82, 2.24) is 4.90 Å². The number of rotatable bonds is 4. The summed E-state index contributed by atoms with van der Waals surface area (Å²) in [6.07, 6.45) is 1.02. The maximum Gasteiger partial charge on any atom is 0.232 e. The highest BCUT2D eigenvalue weighted by Crippen LogP contribution is 2.23. The standard InChI is InChI=1S/C11H23NOS/c1-7-9(2)12(6)10(13)8-14-11(3,4)5/h9H,7-8H2,1-6H3. The van der Waals surface area contributed by atoms with Crippen molar-refractivity contribution in [2.75, 3.05) is 12.8 Å². The molecule has 2 nitrogen and oxygen atoms in total. The van der Waals surface area contributed by atoms with E-state index in [1.54, 1.807) is 11.8 Å². The molecule has 0 bridgehead atoms. The minimum atomic E-state index is 0.173. The molecule has 0 fully saturated rings. The van der Waals surface area contributed by atoms with Crippen molar-refractivity contribution in [3.8, 4) is 0 Å². The van der Waals surface area contributed by atoms with Crippen LogP contribution < -0.4 is 0 Å².